The molecule has 1 aromatic carbocycles. The quantitative estimate of drug-likeness (QED) is 0.659. The Morgan fingerprint density at radius 2 is 2.00 bits per heavy atom. The van der Waals surface area contributed by atoms with Gasteiger partial charge in [-0.3, -0.25) is 0 Å². The summed E-state index contributed by atoms with van der Waals surface area (Å²) in [5.74, 6) is -1.24. The maximum atomic E-state index is 12.1. The van der Waals surface area contributed by atoms with Crippen molar-refractivity contribution in [1.82, 2.24) is 5.32 Å². The first-order valence-electron chi connectivity index (χ1n) is 5.75. The fraction of sp³-hybridized carbons (Fsp3) is 0.333. The molecule has 9 heteroatoms. The number of halogens is 4. The maximum absolute atomic E-state index is 12.1. The Morgan fingerprint density at radius 1 is 1.38 bits per heavy atom. The molecule has 2 amide bonds. The molecule has 0 radical (unpaired) electrons. The van der Waals surface area contributed by atoms with Crippen molar-refractivity contribution in [3.63, 3.8) is 0 Å². The fourth-order valence-electron chi connectivity index (χ4n) is 1.58. The number of carboxylic acid groups (broad SMARTS) is 1. The fourth-order valence-corrected chi connectivity index (χ4v) is 2.07. The third-order valence-corrected chi connectivity index (χ3v) is 3.05. The van der Waals surface area contributed by atoms with Gasteiger partial charge in [-0.05, 0) is 47.7 Å². The van der Waals surface area contributed by atoms with Crippen LogP contribution in [0.15, 0.2) is 18.2 Å². The van der Waals surface area contributed by atoms with Crippen molar-refractivity contribution in [2.24, 2.45) is 0 Å². The number of anilines is 1. The van der Waals surface area contributed by atoms with E-state index in [0.29, 0.717) is 3.57 Å². The van der Waals surface area contributed by atoms with E-state index in [1.807, 2.05) is 22.6 Å². The lowest BCUT2D eigenvalue weighted by molar-refractivity contribution is -0.138. The van der Waals surface area contributed by atoms with Crippen LogP contribution in [0.5, 0.6) is 0 Å². The molecule has 0 fully saturated rings. The van der Waals surface area contributed by atoms with Gasteiger partial charge >= 0.3 is 18.2 Å². The molecule has 0 aliphatic carbocycles. The van der Waals surface area contributed by atoms with E-state index in [2.05, 4.69) is 10.6 Å². The van der Waals surface area contributed by atoms with Crippen molar-refractivity contribution >= 4 is 40.3 Å². The van der Waals surface area contributed by atoms with Gasteiger partial charge in [0.2, 0.25) is 0 Å². The summed E-state index contributed by atoms with van der Waals surface area (Å²) < 4.78 is 37.1. The summed E-state index contributed by atoms with van der Waals surface area (Å²) in [4.78, 5) is 22.6. The SMILES string of the molecule is CC(CC(F)(F)F)NC(=O)Nc1ccc(I)cc1C(=O)O. The van der Waals surface area contributed by atoms with Crippen LogP contribution in [0.3, 0.4) is 0 Å². The number of hydrogen-bond acceptors (Lipinski definition) is 2. The summed E-state index contributed by atoms with van der Waals surface area (Å²) in [5.41, 5.74) is -0.125. The van der Waals surface area contributed by atoms with Gasteiger partial charge < -0.3 is 15.7 Å². The molecule has 0 heterocycles. The first kappa shape index (κ1) is 17.5. The summed E-state index contributed by atoms with van der Waals surface area (Å²) in [6.45, 7) is 1.21. The van der Waals surface area contributed by atoms with Gasteiger partial charge in [0.25, 0.3) is 0 Å². The van der Waals surface area contributed by atoms with Gasteiger partial charge in [0, 0.05) is 9.61 Å². The zero-order valence-electron chi connectivity index (χ0n) is 10.8. The van der Waals surface area contributed by atoms with Crippen LogP contribution in [0.4, 0.5) is 23.7 Å². The summed E-state index contributed by atoms with van der Waals surface area (Å²) in [6.07, 6.45) is -5.55. The largest absolute Gasteiger partial charge is 0.478 e. The first-order valence-corrected chi connectivity index (χ1v) is 6.83. The number of rotatable bonds is 4. The van der Waals surface area contributed by atoms with Gasteiger partial charge in [0.1, 0.15) is 0 Å². The van der Waals surface area contributed by atoms with Crippen LogP contribution in [0.2, 0.25) is 0 Å². The van der Waals surface area contributed by atoms with Crippen LogP contribution >= 0.6 is 22.6 Å². The molecule has 0 aliphatic heterocycles. The monoisotopic (exact) mass is 416 g/mol. The lowest BCUT2D eigenvalue weighted by Crippen LogP contribution is -2.38. The third kappa shape index (κ3) is 6.19. The number of amides is 2. The number of urea groups is 1. The molecule has 1 rings (SSSR count). The minimum absolute atomic E-state index is 0.0135. The Balaban J connectivity index is 2.73. The smallest absolute Gasteiger partial charge is 0.391 e. The minimum Gasteiger partial charge on any atom is -0.478 e. The molecule has 5 nitrogen and oxygen atoms in total. The Morgan fingerprint density at radius 3 is 2.52 bits per heavy atom. The highest BCUT2D eigenvalue weighted by Crippen LogP contribution is 2.22. The van der Waals surface area contributed by atoms with Gasteiger partial charge in [-0.2, -0.15) is 13.2 Å². The minimum atomic E-state index is -4.39. The van der Waals surface area contributed by atoms with Crippen molar-refractivity contribution < 1.29 is 27.9 Å². The van der Waals surface area contributed by atoms with Gasteiger partial charge in [-0.1, -0.05) is 0 Å². The second kappa shape index (κ2) is 6.96. The molecule has 3 N–H and O–H groups in total. The predicted molar refractivity (Wildman–Crippen MR) is 78.4 cm³/mol. The zero-order valence-corrected chi connectivity index (χ0v) is 12.9. The molecular weight excluding hydrogens is 404 g/mol. The molecule has 1 atom stereocenters. The lowest BCUT2D eigenvalue weighted by atomic mass is 10.2. The Hall–Kier alpha value is -1.52. The number of aromatic carboxylic acids is 1. The van der Waals surface area contributed by atoms with Crippen LogP contribution in [-0.2, 0) is 0 Å². The number of benzene rings is 1. The van der Waals surface area contributed by atoms with E-state index in [9.17, 15) is 22.8 Å². The predicted octanol–water partition coefficient (Wildman–Crippen LogP) is 3.45. The number of carbonyl (C=O) groups is 2. The Kier molecular flexibility index (Phi) is 5.81. The topological polar surface area (TPSA) is 78.4 Å². The first-order chi connectivity index (χ1) is 9.58. The molecule has 0 aromatic heterocycles. The highest BCUT2D eigenvalue weighted by molar-refractivity contribution is 14.1. The number of carbonyl (C=O) groups excluding carboxylic acids is 1. The molecule has 1 unspecified atom stereocenters. The molecule has 0 saturated carbocycles. The normalized spacial score (nSPS) is 12.6. The number of carboxylic acids is 1. The Labute approximate surface area is 132 Å². The van der Waals surface area contributed by atoms with E-state index in [1.54, 1.807) is 6.07 Å². The summed E-state index contributed by atoms with van der Waals surface area (Å²) in [7, 11) is 0. The number of hydrogen-bond donors (Lipinski definition) is 3. The molecule has 0 spiro atoms. The highest BCUT2D eigenvalue weighted by atomic mass is 127. The summed E-state index contributed by atoms with van der Waals surface area (Å²) >= 11 is 1.91. The van der Waals surface area contributed by atoms with Gasteiger partial charge in [0.15, 0.2) is 0 Å². The van der Waals surface area contributed by atoms with Gasteiger partial charge in [-0.15, -0.1) is 0 Å². The van der Waals surface area contributed by atoms with Crippen molar-refractivity contribution in [3.05, 3.63) is 27.3 Å². The second-order valence-electron chi connectivity index (χ2n) is 4.31. The maximum Gasteiger partial charge on any atom is 0.391 e. The summed E-state index contributed by atoms with van der Waals surface area (Å²) in [6, 6.07) is 2.27. The van der Waals surface area contributed by atoms with E-state index in [-0.39, 0.29) is 11.3 Å². The number of nitrogens with one attached hydrogen (secondary N) is 2. The van der Waals surface area contributed by atoms with E-state index >= 15 is 0 Å². The van der Waals surface area contributed by atoms with Crippen LogP contribution in [-0.4, -0.2) is 29.3 Å². The van der Waals surface area contributed by atoms with Crippen molar-refractivity contribution in [2.45, 2.75) is 25.6 Å². The highest BCUT2D eigenvalue weighted by Gasteiger charge is 2.30. The average Bonchev–Trinajstić information content (AvgIpc) is 2.28. The van der Waals surface area contributed by atoms with Crippen LogP contribution < -0.4 is 10.6 Å². The van der Waals surface area contributed by atoms with Crippen molar-refractivity contribution in [3.8, 4) is 0 Å². The van der Waals surface area contributed by atoms with Crippen molar-refractivity contribution in [2.75, 3.05) is 5.32 Å². The standard InChI is InChI=1S/C12H12F3IN2O3/c1-6(5-12(13,14)15)17-11(21)18-9-3-2-7(16)4-8(9)10(19)20/h2-4,6H,5H2,1H3,(H,19,20)(H2,17,18,21). The van der Waals surface area contributed by atoms with E-state index in [4.69, 9.17) is 5.11 Å². The van der Waals surface area contributed by atoms with Crippen molar-refractivity contribution in [1.29, 1.82) is 0 Å². The summed E-state index contributed by atoms with van der Waals surface area (Å²) in [5, 5.41) is 13.3. The van der Waals surface area contributed by atoms with E-state index in [1.165, 1.54) is 19.1 Å². The molecule has 0 bridgehead atoms. The van der Waals surface area contributed by atoms with Gasteiger partial charge in [0.05, 0.1) is 17.7 Å². The molecule has 116 valence electrons. The van der Waals surface area contributed by atoms with Gasteiger partial charge in [-0.25, -0.2) is 9.59 Å². The molecular formula is C12H12F3IN2O3. The third-order valence-electron chi connectivity index (χ3n) is 2.38. The number of alkyl halides is 3. The molecule has 0 aliphatic rings. The van der Waals surface area contributed by atoms with Crippen LogP contribution in [0.25, 0.3) is 0 Å². The van der Waals surface area contributed by atoms with E-state index in [0.717, 1.165) is 0 Å². The second-order valence-corrected chi connectivity index (χ2v) is 5.56. The molecule has 0 saturated heterocycles. The van der Waals surface area contributed by atoms with Crippen LogP contribution in [0, 0.1) is 3.57 Å². The molecule has 1 aromatic rings. The average molecular weight is 416 g/mol. The lowest BCUT2D eigenvalue weighted by Gasteiger charge is -2.17. The molecule has 21 heavy (non-hydrogen) atoms. The van der Waals surface area contributed by atoms with Crippen LogP contribution in [0.1, 0.15) is 23.7 Å². The Bertz CT molecular complexity index is 549. The zero-order chi connectivity index (χ0) is 16.2. The van der Waals surface area contributed by atoms with E-state index < -0.39 is 30.6 Å².